The molecule has 21 heavy (non-hydrogen) atoms. The first-order valence-corrected chi connectivity index (χ1v) is 7.20. The van der Waals surface area contributed by atoms with Crippen molar-refractivity contribution in [2.24, 2.45) is 0 Å². The maximum absolute atomic E-state index is 12.3. The monoisotopic (exact) mass is 297 g/mol. The molecular formula is C16H11NO3S. The predicted molar refractivity (Wildman–Crippen MR) is 83.0 cm³/mol. The highest BCUT2D eigenvalue weighted by Crippen LogP contribution is 2.26. The van der Waals surface area contributed by atoms with Gasteiger partial charge in [-0.3, -0.25) is 14.9 Å². The SMILES string of the molecule is O=C(Cc1ccc([N+](=O)[O-])cc1)c1cc2ccccc2s1. The maximum Gasteiger partial charge on any atom is 0.269 e. The van der Waals surface area contributed by atoms with E-state index >= 15 is 0 Å². The van der Waals surface area contributed by atoms with Gasteiger partial charge in [0.25, 0.3) is 5.69 Å². The summed E-state index contributed by atoms with van der Waals surface area (Å²) >= 11 is 1.47. The molecule has 0 saturated carbocycles. The van der Waals surface area contributed by atoms with Crippen molar-refractivity contribution in [2.45, 2.75) is 6.42 Å². The van der Waals surface area contributed by atoms with Crippen molar-refractivity contribution < 1.29 is 9.72 Å². The lowest BCUT2D eigenvalue weighted by Crippen LogP contribution is -2.01. The number of carbonyl (C=O) groups excluding carboxylic acids is 1. The Morgan fingerprint density at radius 2 is 1.81 bits per heavy atom. The number of ketones is 1. The van der Waals surface area contributed by atoms with Crippen LogP contribution in [0.25, 0.3) is 10.1 Å². The van der Waals surface area contributed by atoms with Crippen molar-refractivity contribution in [3.63, 3.8) is 0 Å². The molecule has 0 N–H and O–H groups in total. The van der Waals surface area contributed by atoms with Crippen molar-refractivity contribution in [1.82, 2.24) is 0 Å². The molecule has 0 saturated heterocycles. The van der Waals surface area contributed by atoms with E-state index in [9.17, 15) is 14.9 Å². The van der Waals surface area contributed by atoms with E-state index in [1.807, 2.05) is 30.3 Å². The Morgan fingerprint density at radius 3 is 2.48 bits per heavy atom. The summed E-state index contributed by atoms with van der Waals surface area (Å²) in [5.74, 6) is 0.0325. The van der Waals surface area contributed by atoms with Crippen LogP contribution >= 0.6 is 11.3 Å². The van der Waals surface area contributed by atoms with E-state index in [2.05, 4.69) is 0 Å². The molecule has 5 heteroatoms. The van der Waals surface area contributed by atoms with Crippen molar-refractivity contribution in [3.8, 4) is 0 Å². The zero-order valence-electron chi connectivity index (χ0n) is 11.0. The summed E-state index contributed by atoms with van der Waals surface area (Å²) in [5.41, 5.74) is 0.816. The smallest absolute Gasteiger partial charge is 0.269 e. The maximum atomic E-state index is 12.3. The van der Waals surface area contributed by atoms with E-state index in [0.29, 0.717) is 0 Å². The molecule has 0 radical (unpaired) electrons. The first kappa shape index (κ1) is 13.5. The Labute approximate surface area is 124 Å². The molecule has 3 aromatic rings. The number of carbonyl (C=O) groups is 1. The summed E-state index contributed by atoms with van der Waals surface area (Å²) < 4.78 is 1.09. The van der Waals surface area contributed by atoms with Crippen LogP contribution in [0.15, 0.2) is 54.6 Å². The molecule has 4 nitrogen and oxygen atoms in total. The fourth-order valence-electron chi connectivity index (χ4n) is 2.13. The van der Waals surface area contributed by atoms with Gasteiger partial charge in [0, 0.05) is 23.3 Å². The minimum Gasteiger partial charge on any atom is -0.293 e. The number of nitrogens with zero attached hydrogens (tertiary/aromatic N) is 1. The van der Waals surface area contributed by atoms with E-state index in [1.54, 1.807) is 12.1 Å². The number of thiophene rings is 1. The molecule has 0 unspecified atom stereocenters. The zero-order chi connectivity index (χ0) is 14.8. The van der Waals surface area contributed by atoms with E-state index in [0.717, 1.165) is 20.5 Å². The molecule has 1 heterocycles. The Balaban J connectivity index is 1.80. The molecule has 3 rings (SSSR count). The molecule has 0 aliphatic carbocycles. The van der Waals surface area contributed by atoms with Crippen LogP contribution in [0.5, 0.6) is 0 Å². The van der Waals surface area contributed by atoms with Gasteiger partial charge in [-0.25, -0.2) is 0 Å². The second-order valence-electron chi connectivity index (χ2n) is 4.67. The number of rotatable bonds is 4. The van der Waals surface area contributed by atoms with E-state index < -0.39 is 4.92 Å². The second-order valence-corrected chi connectivity index (χ2v) is 5.76. The van der Waals surface area contributed by atoms with Gasteiger partial charge in [0.2, 0.25) is 0 Å². The van der Waals surface area contributed by atoms with Gasteiger partial charge in [0.15, 0.2) is 5.78 Å². The summed E-state index contributed by atoms with van der Waals surface area (Å²) in [7, 11) is 0. The second kappa shape index (κ2) is 5.46. The average molecular weight is 297 g/mol. The first-order valence-electron chi connectivity index (χ1n) is 6.38. The van der Waals surface area contributed by atoms with Gasteiger partial charge in [0.05, 0.1) is 9.80 Å². The standard InChI is InChI=1S/C16H11NO3S/c18-14(9-11-5-7-13(8-6-11)17(19)20)16-10-12-3-1-2-4-15(12)21-16/h1-8,10H,9H2. The molecule has 0 bridgehead atoms. The Hall–Kier alpha value is -2.53. The highest BCUT2D eigenvalue weighted by atomic mass is 32.1. The molecule has 104 valence electrons. The van der Waals surface area contributed by atoms with Crippen molar-refractivity contribution >= 4 is 32.9 Å². The van der Waals surface area contributed by atoms with Gasteiger partial charge >= 0.3 is 0 Å². The lowest BCUT2D eigenvalue weighted by molar-refractivity contribution is -0.384. The minimum absolute atomic E-state index is 0.0325. The fraction of sp³-hybridized carbons (Fsp3) is 0.0625. The molecular weight excluding hydrogens is 286 g/mol. The van der Waals surface area contributed by atoms with Crippen LogP contribution < -0.4 is 0 Å². The summed E-state index contributed by atoms with van der Waals surface area (Å²) in [6.45, 7) is 0. The van der Waals surface area contributed by atoms with Crippen LogP contribution in [0.4, 0.5) is 5.69 Å². The normalized spacial score (nSPS) is 10.7. The highest BCUT2D eigenvalue weighted by Gasteiger charge is 2.12. The average Bonchev–Trinajstić information content (AvgIpc) is 2.92. The van der Waals surface area contributed by atoms with Crippen LogP contribution in [0.2, 0.25) is 0 Å². The third kappa shape index (κ3) is 2.83. The highest BCUT2D eigenvalue weighted by molar-refractivity contribution is 7.20. The predicted octanol–water partition coefficient (Wildman–Crippen LogP) is 4.23. The Morgan fingerprint density at radius 1 is 1.10 bits per heavy atom. The molecule has 0 aliphatic heterocycles. The van der Waals surface area contributed by atoms with Crippen molar-refractivity contribution in [3.05, 3.63) is 75.2 Å². The van der Waals surface area contributed by atoms with E-state index in [-0.39, 0.29) is 17.9 Å². The molecule has 0 atom stereocenters. The Bertz CT molecular complexity index is 788. The minimum atomic E-state index is -0.447. The molecule has 0 aliphatic rings. The van der Waals surface area contributed by atoms with Crippen LogP contribution in [-0.2, 0) is 6.42 Å². The van der Waals surface area contributed by atoms with Gasteiger partial charge in [-0.05, 0) is 23.1 Å². The van der Waals surface area contributed by atoms with Gasteiger partial charge in [0.1, 0.15) is 0 Å². The number of hydrogen-bond acceptors (Lipinski definition) is 4. The van der Waals surface area contributed by atoms with Crippen LogP contribution in [0.3, 0.4) is 0 Å². The molecule has 0 fully saturated rings. The first-order chi connectivity index (χ1) is 10.1. The third-order valence-electron chi connectivity index (χ3n) is 3.21. The van der Waals surface area contributed by atoms with Gasteiger partial charge in [-0.15, -0.1) is 11.3 Å². The van der Waals surface area contributed by atoms with Gasteiger partial charge < -0.3 is 0 Å². The lowest BCUT2D eigenvalue weighted by atomic mass is 10.1. The van der Waals surface area contributed by atoms with Crippen molar-refractivity contribution in [2.75, 3.05) is 0 Å². The largest absolute Gasteiger partial charge is 0.293 e. The number of benzene rings is 2. The van der Waals surface area contributed by atoms with Crippen LogP contribution in [0, 0.1) is 10.1 Å². The lowest BCUT2D eigenvalue weighted by Gasteiger charge is -1.99. The summed E-state index contributed by atoms with van der Waals surface area (Å²) in [6.07, 6.45) is 0.255. The number of nitro benzene ring substituents is 1. The molecule has 0 spiro atoms. The number of hydrogen-bond donors (Lipinski definition) is 0. The number of nitro groups is 1. The number of non-ortho nitro benzene ring substituents is 1. The third-order valence-corrected chi connectivity index (χ3v) is 4.37. The summed E-state index contributed by atoms with van der Waals surface area (Å²) in [6, 6.07) is 15.9. The summed E-state index contributed by atoms with van der Waals surface area (Å²) in [5, 5.41) is 11.7. The number of Topliss-reactive ketones (excluding diaryl/α,β-unsaturated/α-hetero) is 1. The molecule has 0 amide bonds. The molecule has 1 aromatic heterocycles. The molecule has 2 aromatic carbocycles. The number of fused-ring (bicyclic) bond motifs is 1. The van der Waals surface area contributed by atoms with E-state index in [4.69, 9.17) is 0 Å². The van der Waals surface area contributed by atoms with Gasteiger partial charge in [-0.2, -0.15) is 0 Å². The van der Waals surface area contributed by atoms with Crippen molar-refractivity contribution in [1.29, 1.82) is 0 Å². The van der Waals surface area contributed by atoms with Crippen LogP contribution in [-0.4, -0.2) is 10.7 Å². The van der Waals surface area contributed by atoms with Gasteiger partial charge in [-0.1, -0.05) is 30.3 Å². The summed E-state index contributed by atoms with van der Waals surface area (Å²) in [4.78, 5) is 23.1. The van der Waals surface area contributed by atoms with Crippen LogP contribution in [0.1, 0.15) is 15.2 Å². The fourth-order valence-corrected chi connectivity index (χ4v) is 3.13. The Kier molecular flexibility index (Phi) is 3.50. The topological polar surface area (TPSA) is 60.2 Å². The zero-order valence-corrected chi connectivity index (χ0v) is 11.8. The quantitative estimate of drug-likeness (QED) is 0.411. The van der Waals surface area contributed by atoms with E-state index in [1.165, 1.54) is 23.5 Å².